The van der Waals surface area contributed by atoms with Crippen LogP contribution in [-0.2, 0) is 5.41 Å². The number of aromatic nitrogens is 4. The number of hydrogen-bond donors (Lipinski definition) is 1. The predicted molar refractivity (Wildman–Crippen MR) is 178 cm³/mol. The maximum absolute atomic E-state index is 14.4. The van der Waals surface area contributed by atoms with Gasteiger partial charge in [-0.3, -0.25) is 0 Å². The molecule has 3 rings (SSSR count). The van der Waals surface area contributed by atoms with Crippen molar-refractivity contribution in [3.8, 4) is 23.4 Å². The number of ether oxygens (including phenoxy) is 2. The Hall–Kier alpha value is -2.97. The van der Waals surface area contributed by atoms with Crippen LogP contribution in [0.5, 0.6) is 11.8 Å². The van der Waals surface area contributed by atoms with Crippen LogP contribution in [0.15, 0.2) is 40.9 Å². The van der Waals surface area contributed by atoms with Crippen LogP contribution < -0.4 is 20.1 Å². The monoisotopic (exact) mass is 645 g/mol. The molecule has 0 saturated carbocycles. The lowest BCUT2D eigenvalue weighted by Gasteiger charge is -2.24. The third-order valence-electron chi connectivity index (χ3n) is 7.99. The lowest BCUT2D eigenvalue weighted by molar-refractivity contribution is 0.123. The molecular weight excluding hydrogens is 595 g/mol. The first kappa shape index (κ1) is 36.5. The molecule has 0 fully saturated rings. The molecule has 2 aromatic heterocycles. The molecular formula is C34H50F2N5O3P. The van der Waals surface area contributed by atoms with Gasteiger partial charge in [0.1, 0.15) is 24.2 Å². The van der Waals surface area contributed by atoms with Crippen LogP contribution >= 0.6 is 9.24 Å². The normalized spacial score (nSPS) is 15.3. The molecule has 45 heavy (non-hydrogen) atoms. The highest BCUT2D eigenvalue weighted by Crippen LogP contribution is 2.33. The third kappa shape index (κ3) is 10.3. The van der Waals surface area contributed by atoms with Crippen molar-refractivity contribution >= 4 is 14.5 Å². The summed E-state index contributed by atoms with van der Waals surface area (Å²) in [5.41, 5.74) is 1.03. The zero-order chi connectivity index (χ0) is 33.3. The highest BCUT2D eigenvalue weighted by Gasteiger charge is 2.33. The van der Waals surface area contributed by atoms with Gasteiger partial charge in [-0.05, 0) is 83.9 Å². The van der Waals surface area contributed by atoms with Crippen molar-refractivity contribution in [3.63, 3.8) is 0 Å². The van der Waals surface area contributed by atoms with Crippen molar-refractivity contribution in [1.82, 2.24) is 25.4 Å². The first-order valence-electron chi connectivity index (χ1n) is 15.8. The number of nitrogens with zero attached hydrogens (tertiary/aromatic N) is 4. The quantitative estimate of drug-likeness (QED) is 0.113. The SMILES string of the molecule is C=C(C)C[C@@H](C)C[C@H](CCC)Oc1cc(O[C@@H](C)[C@@H](C)C[C@@H](F)CNC)nc(-c2noc(C(C)(C)c3cccc(F)c3P)n2)n1. The van der Waals surface area contributed by atoms with E-state index in [2.05, 4.69) is 55.1 Å². The summed E-state index contributed by atoms with van der Waals surface area (Å²) in [7, 11) is 4.18. The van der Waals surface area contributed by atoms with Gasteiger partial charge in [0.05, 0.1) is 11.5 Å². The van der Waals surface area contributed by atoms with E-state index in [1.165, 1.54) is 6.07 Å². The second-order valence-electron chi connectivity index (χ2n) is 12.8. The highest BCUT2D eigenvalue weighted by molar-refractivity contribution is 7.27. The number of hydrogen-bond acceptors (Lipinski definition) is 8. The summed E-state index contributed by atoms with van der Waals surface area (Å²) in [6, 6.07) is 6.55. The molecule has 3 aromatic rings. The van der Waals surface area contributed by atoms with E-state index in [0.717, 1.165) is 31.3 Å². The molecule has 248 valence electrons. The minimum absolute atomic E-state index is 0.0849. The molecule has 1 aromatic carbocycles. The Morgan fingerprint density at radius 2 is 1.78 bits per heavy atom. The van der Waals surface area contributed by atoms with Crippen LogP contribution in [-0.4, -0.2) is 52.1 Å². The second kappa shape index (κ2) is 16.5. The standard InChI is InChI=1S/C34H50F2N5O3P/c1-10-12-25(16-21(4)15-20(2)3)43-29-18-28(42-23(6)22(5)17-24(35)19-37-9)38-31(39-29)32-40-33(44-41-32)34(7,8)26-13-11-14-27(36)30(26)45/h11,13-14,18,21-25,37H,2,10,12,15-17,19,45H2,1,3-9H3/t21-,22+,23+,24-,25+/m1/s1. The number of nitrogens with one attached hydrogen (secondary N) is 1. The van der Waals surface area contributed by atoms with Gasteiger partial charge < -0.3 is 19.3 Å². The summed E-state index contributed by atoms with van der Waals surface area (Å²) >= 11 is 0. The molecule has 0 bridgehead atoms. The van der Waals surface area contributed by atoms with Gasteiger partial charge in [0.2, 0.25) is 29.3 Å². The second-order valence-corrected chi connectivity index (χ2v) is 13.4. The molecule has 1 N–H and O–H groups in total. The molecule has 6 atom stereocenters. The van der Waals surface area contributed by atoms with Crippen LogP contribution in [0.1, 0.15) is 92.0 Å². The van der Waals surface area contributed by atoms with Crippen molar-refractivity contribution in [2.24, 2.45) is 11.8 Å². The number of alkyl halides is 1. The smallest absolute Gasteiger partial charge is 0.240 e. The van der Waals surface area contributed by atoms with Crippen LogP contribution in [0, 0.1) is 17.7 Å². The van der Waals surface area contributed by atoms with Gasteiger partial charge in [0.15, 0.2) is 0 Å². The maximum atomic E-state index is 14.4. The highest BCUT2D eigenvalue weighted by atomic mass is 31.0. The topological polar surface area (TPSA) is 95.2 Å². The van der Waals surface area contributed by atoms with Crippen molar-refractivity contribution in [3.05, 3.63) is 53.7 Å². The Balaban J connectivity index is 1.97. The van der Waals surface area contributed by atoms with E-state index in [0.29, 0.717) is 29.1 Å². The molecule has 0 saturated heterocycles. The van der Waals surface area contributed by atoms with Crippen molar-refractivity contribution < 1.29 is 22.8 Å². The van der Waals surface area contributed by atoms with Gasteiger partial charge in [-0.1, -0.05) is 50.1 Å². The maximum Gasteiger partial charge on any atom is 0.240 e. The summed E-state index contributed by atoms with van der Waals surface area (Å²) in [4.78, 5) is 13.9. The van der Waals surface area contributed by atoms with E-state index in [1.807, 2.05) is 40.7 Å². The summed E-state index contributed by atoms with van der Waals surface area (Å²) in [5, 5.41) is 7.50. The summed E-state index contributed by atoms with van der Waals surface area (Å²) in [6.45, 7) is 18.3. The fraction of sp³-hybridized carbons (Fsp3) is 0.588. The van der Waals surface area contributed by atoms with Gasteiger partial charge in [-0.15, -0.1) is 15.8 Å². The van der Waals surface area contributed by atoms with Gasteiger partial charge in [0.25, 0.3) is 0 Å². The van der Waals surface area contributed by atoms with E-state index >= 15 is 0 Å². The van der Waals surface area contributed by atoms with Crippen LogP contribution in [0.2, 0.25) is 0 Å². The van der Waals surface area contributed by atoms with Crippen LogP contribution in [0.25, 0.3) is 11.6 Å². The van der Waals surface area contributed by atoms with E-state index in [-0.39, 0.29) is 53.9 Å². The zero-order valence-corrected chi connectivity index (χ0v) is 29.1. The first-order chi connectivity index (χ1) is 21.2. The van der Waals surface area contributed by atoms with Crippen LogP contribution in [0.3, 0.4) is 0 Å². The Morgan fingerprint density at radius 3 is 2.42 bits per heavy atom. The molecule has 0 aliphatic carbocycles. The van der Waals surface area contributed by atoms with E-state index in [1.54, 1.807) is 19.2 Å². The summed E-state index contributed by atoms with van der Waals surface area (Å²) in [5.74, 6) is 1.16. The van der Waals surface area contributed by atoms with Crippen molar-refractivity contribution in [1.29, 1.82) is 0 Å². The fourth-order valence-corrected chi connectivity index (χ4v) is 5.99. The molecule has 0 amide bonds. The van der Waals surface area contributed by atoms with Gasteiger partial charge in [-0.2, -0.15) is 15.0 Å². The minimum atomic E-state index is -0.992. The Kier molecular flexibility index (Phi) is 13.4. The molecule has 11 heteroatoms. The lowest BCUT2D eigenvalue weighted by Crippen LogP contribution is -2.28. The molecule has 0 aliphatic heterocycles. The summed E-state index contributed by atoms with van der Waals surface area (Å²) < 4.78 is 47.1. The molecule has 8 nitrogen and oxygen atoms in total. The van der Waals surface area contributed by atoms with Crippen LogP contribution in [0.4, 0.5) is 8.78 Å². The fourth-order valence-electron chi connectivity index (χ4n) is 5.44. The molecule has 1 unspecified atom stereocenters. The molecule has 0 spiro atoms. The summed E-state index contributed by atoms with van der Waals surface area (Å²) in [6.07, 6.45) is 2.45. The molecule has 0 radical (unpaired) electrons. The average molecular weight is 646 g/mol. The van der Waals surface area contributed by atoms with Gasteiger partial charge in [0, 0.05) is 11.8 Å². The van der Waals surface area contributed by atoms with Crippen molar-refractivity contribution in [2.75, 3.05) is 13.6 Å². The number of rotatable bonds is 18. The predicted octanol–water partition coefficient (Wildman–Crippen LogP) is 7.38. The molecule has 2 heterocycles. The molecule has 0 aliphatic rings. The number of halogens is 2. The van der Waals surface area contributed by atoms with E-state index < -0.39 is 11.6 Å². The third-order valence-corrected chi connectivity index (χ3v) is 8.57. The minimum Gasteiger partial charge on any atom is -0.474 e. The van der Waals surface area contributed by atoms with Crippen molar-refractivity contribution in [2.45, 2.75) is 104 Å². The largest absolute Gasteiger partial charge is 0.474 e. The Morgan fingerprint density at radius 1 is 1.09 bits per heavy atom. The Bertz CT molecular complexity index is 1400. The first-order valence-corrected chi connectivity index (χ1v) is 16.4. The zero-order valence-electron chi connectivity index (χ0n) is 28.0. The van der Waals surface area contributed by atoms with Gasteiger partial charge >= 0.3 is 0 Å². The Labute approximate surface area is 269 Å². The average Bonchev–Trinajstić information content (AvgIpc) is 3.46. The van der Waals surface area contributed by atoms with Gasteiger partial charge in [-0.25, -0.2) is 8.78 Å². The lowest BCUT2D eigenvalue weighted by atomic mass is 9.84. The van der Waals surface area contributed by atoms with E-state index in [4.69, 9.17) is 14.0 Å². The van der Waals surface area contributed by atoms with E-state index in [9.17, 15) is 8.78 Å². The number of allylic oxidation sites excluding steroid dienone is 1. The number of benzene rings is 1.